The van der Waals surface area contributed by atoms with E-state index in [1.165, 1.54) is 0 Å². The van der Waals surface area contributed by atoms with Crippen LogP contribution in [0.1, 0.15) is 51.9 Å². The summed E-state index contributed by atoms with van der Waals surface area (Å²) in [6.45, 7) is 12.9. The molecule has 2 rings (SSSR count). The van der Waals surface area contributed by atoms with E-state index in [1.807, 2.05) is 23.6 Å². The Kier molecular flexibility index (Phi) is 6.38. The van der Waals surface area contributed by atoms with Crippen LogP contribution in [-0.2, 0) is 6.42 Å². The van der Waals surface area contributed by atoms with Crippen molar-refractivity contribution >= 4 is 6.03 Å². The number of nitrogens with zero attached hydrogens (tertiary/aromatic N) is 5. The van der Waals surface area contributed by atoms with Crippen LogP contribution >= 0.6 is 0 Å². The molecule has 2 amide bonds. The normalized spacial score (nSPS) is 17.3. The summed E-state index contributed by atoms with van der Waals surface area (Å²) >= 11 is 0. The fourth-order valence-corrected chi connectivity index (χ4v) is 2.91. The van der Waals surface area contributed by atoms with Crippen LogP contribution in [0.25, 0.3) is 0 Å². The number of hydrogen-bond donors (Lipinski definition) is 0. The maximum Gasteiger partial charge on any atom is 0.320 e. The lowest BCUT2D eigenvalue weighted by Crippen LogP contribution is -2.53. The molecule has 1 aromatic rings. The van der Waals surface area contributed by atoms with E-state index in [0.29, 0.717) is 5.89 Å². The molecule has 0 N–H and O–H groups in total. The molecule has 0 bridgehead atoms. The van der Waals surface area contributed by atoms with Gasteiger partial charge in [-0.15, -0.1) is 0 Å². The summed E-state index contributed by atoms with van der Waals surface area (Å²) in [7, 11) is 0. The summed E-state index contributed by atoms with van der Waals surface area (Å²) in [5.74, 6) is 1.46. The average molecular weight is 323 g/mol. The number of aromatic nitrogens is 2. The van der Waals surface area contributed by atoms with Crippen molar-refractivity contribution in [1.82, 2.24) is 24.8 Å². The molecule has 1 aliphatic heterocycles. The monoisotopic (exact) mass is 323 g/mol. The maximum atomic E-state index is 12.4. The molecule has 2 heterocycles. The fraction of sp³-hybridized carbons (Fsp3) is 0.812. The van der Waals surface area contributed by atoms with Gasteiger partial charge in [0.1, 0.15) is 0 Å². The first kappa shape index (κ1) is 17.7. The summed E-state index contributed by atoms with van der Waals surface area (Å²) in [6, 6.07) is 0.240. The van der Waals surface area contributed by atoms with Gasteiger partial charge >= 0.3 is 6.03 Å². The molecule has 0 aliphatic carbocycles. The van der Waals surface area contributed by atoms with Crippen molar-refractivity contribution in [3.05, 3.63) is 11.7 Å². The first-order valence-corrected chi connectivity index (χ1v) is 8.71. The molecule has 1 aromatic heterocycles. The molecule has 0 radical (unpaired) electrons. The molecular formula is C16H29N5O2. The average Bonchev–Trinajstić information content (AvgIpc) is 3.04. The number of carbonyl (C=O) groups is 1. The van der Waals surface area contributed by atoms with Crippen molar-refractivity contribution in [2.45, 2.75) is 46.6 Å². The van der Waals surface area contributed by atoms with Gasteiger partial charge in [-0.25, -0.2) is 4.79 Å². The molecule has 1 fully saturated rings. The molecular weight excluding hydrogens is 294 g/mol. The third-order valence-electron chi connectivity index (χ3n) is 4.48. The second-order valence-corrected chi connectivity index (χ2v) is 5.95. The Hall–Kier alpha value is -1.63. The highest BCUT2D eigenvalue weighted by atomic mass is 16.5. The van der Waals surface area contributed by atoms with Gasteiger partial charge in [-0.1, -0.05) is 12.1 Å². The topological polar surface area (TPSA) is 65.7 Å². The minimum atomic E-state index is 0.0961. The number of carbonyl (C=O) groups excluding carboxylic acids is 1. The number of urea groups is 1. The molecule has 7 nitrogen and oxygen atoms in total. The molecule has 1 atom stereocenters. The van der Waals surface area contributed by atoms with Crippen LogP contribution in [0.15, 0.2) is 4.52 Å². The Labute approximate surface area is 138 Å². The molecule has 7 heteroatoms. The largest absolute Gasteiger partial charge is 0.338 e. The lowest BCUT2D eigenvalue weighted by atomic mass is 10.2. The van der Waals surface area contributed by atoms with E-state index in [4.69, 9.17) is 4.52 Å². The third-order valence-corrected chi connectivity index (χ3v) is 4.48. The van der Waals surface area contributed by atoms with Crippen LogP contribution in [0.4, 0.5) is 4.79 Å². The molecule has 0 aromatic carbocycles. The van der Waals surface area contributed by atoms with Gasteiger partial charge in [-0.2, -0.15) is 4.98 Å². The van der Waals surface area contributed by atoms with Crippen LogP contribution in [0.2, 0.25) is 0 Å². The quantitative estimate of drug-likeness (QED) is 0.802. The molecule has 0 unspecified atom stereocenters. The Bertz CT molecular complexity index is 492. The third kappa shape index (κ3) is 4.22. The second-order valence-electron chi connectivity index (χ2n) is 5.95. The van der Waals surface area contributed by atoms with Gasteiger partial charge in [0.15, 0.2) is 5.82 Å². The summed E-state index contributed by atoms with van der Waals surface area (Å²) in [6.07, 6.45) is 1.86. The molecule has 1 saturated heterocycles. The SMILES string of the molecule is CCCc1noc([C@H](C)N2CCN(C(=O)N(CC)CC)CC2)n1. The summed E-state index contributed by atoms with van der Waals surface area (Å²) < 4.78 is 5.39. The molecule has 23 heavy (non-hydrogen) atoms. The van der Waals surface area contributed by atoms with E-state index in [9.17, 15) is 4.79 Å². The number of aryl methyl sites for hydroxylation is 1. The Morgan fingerprint density at radius 3 is 2.43 bits per heavy atom. The van der Waals surface area contributed by atoms with E-state index >= 15 is 0 Å². The summed E-state index contributed by atoms with van der Waals surface area (Å²) in [5, 5.41) is 4.03. The highest BCUT2D eigenvalue weighted by molar-refractivity contribution is 5.74. The van der Waals surface area contributed by atoms with Gasteiger partial charge in [0, 0.05) is 45.7 Å². The van der Waals surface area contributed by atoms with E-state index < -0.39 is 0 Å². The van der Waals surface area contributed by atoms with Gasteiger partial charge in [0.05, 0.1) is 6.04 Å². The predicted molar refractivity (Wildman–Crippen MR) is 88.2 cm³/mol. The number of piperazine rings is 1. The predicted octanol–water partition coefficient (Wildman–Crippen LogP) is 2.16. The summed E-state index contributed by atoms with van der Waals surface area (Å²) in [4.78, 5) is 23.0. The van der Waals surface area contributed by atoms with Gasteiger partial charge in [-0.3, -0.25) is 4.90 Å². The van der Waals surface area contributed by atoms with E-state index in [1.54, 1.807) is 0 Å². The number of hydrogen-bond acceptors (Lipinski definition) is 5. The van der Waals surface area contributed by atoms with Crippen LogP contribution < -0.4 is 0 Å². The Morgan fingerprint density at radius 1 is 1.22 bits per heavy atom. The van der Waals surface area contributed by atoms with Gasteiger partial charge < -0.3 is 14.3 Å². The van der Waals surface area contributed by atoms with Crippen molar-refractivity contribution in [2.75, 3.05) is 39.3 Å². The highest BCUT2D eigenvalue weighted by Gasteiger charge is 2.28. The van der Waals surface area contributed by atoms with Gasteiger partial charge in [0.2, 0.25) is 5.89 Å². The number of amides is 2. The second kappa shape index (κ2) is 8.29. The minimum absolute atomic E-state index is 0.0961. The molecule has 0 saturated carbocycles. The molecule has 0 spiro atoms. The zero-order valence-corrected chi connectivity index (χ0v) is 14.8. The minimum Gasteiger partial charge on any atom is -0.338 e. The van der Waals surface area contributed by atoms with Crippen LogP contribution in [0.5, 0.6) is 0 Å². The lowest BCUT2D eigenvalue weighted by Gasteiger charge is -2.38. The fourth-order valence-electron chi connectivity index (χ4n) is 2.91. The lowest BCUT2D eigenvalue weighted by molar-refractivity contribution is 0.0866. The first-order valence-electron chi connectivity index (χ1n) is 8.71. The van der Waals surface area contributed by atoms with E-state index in [0.717, 1.165) is 57.9 Å². The maximum absolute atomic E-state index is 12.4. The summed E-state index contributed by atoms with van der Waals surface area (Å²) in [5.41, 5.74) is 0. The standard InChI is InChI=1S/C16H29N5O2/c1-5-8-14-17-15(23-18-14)13(4)20-9-11-21(12-10-20)16(22)19(6-2)7-3/h13H,5-12H2,1-4H3/t13-/m0/s1. The van der Waals surface area contributed by atoms with Crippen molar-refractivity contribution in [1.29, 1.82) is 0 Å². The van der Waals surface area contributed by atoms with Crippen molar-refractivity contribution in [3.63, 3.8) is 0 Å². The van der Waals surface area contributed by atoms with Crippen LogP contribution in [0.3, 0.4) is 0 Å². The highest BCUT2D eigenvalue weighted by Crippen LogP contribution is 2.20. The zero-order valence-electron chi connectivity index (χ0n) is 14.8. The molecule has 130 valence electrons. The van der Waals surface area contributed by atoms with Gasteiger partial charge in [0.25, 0.3) is 0 Å². The first-order chi connectivity index (χ1) is 11.1. The number of rotatable bonds is 6. The van der Waals surface area contributed by atoms with Crippen molar-refractivity contribution in [3.8, 4) is 0 Å². The smallest absolute Gasteiger partial charge is 0.320 e. The zero-order chi connectivity index (χ0) is 16.8. The van der Waals surface area contributed by atoms with Crippen LogP contribution in [0, 0.1) is 0 Å². The Morgan fingerprint density at radius 2 is 1.87 bits per heavy atom. The van der Waals surface area contributed by atoms with Crippen LogP contribution in [-0.4, -0.2) is 70.1 Å². The van der Waals surface area contributed by atoms with Crippen molar-refractivity contribution < 1.29 is 9.32 Å². The van der Waals surface area contributed by atoms with Crippen molar-refractivity contribution in [2.24, 2.45) is 0 Å². The van der Waals surface area contributed by atoms with Gasteiger partial charge in [-0.05, 0) is 27.2 Å². The molecule has 1 aliphatic rings. The van der Waals surface area contributed by atoms with E-state index in [2.05, 4.69) is 28.9 Å². The Balaban J connectivity index is 1.89. The van der Waals surface area contributed by atoms with E-state index in [-0.39, 0.29) is 12.1 Å².